The molecule has 1 fully saturated rings. The minimum atomic E-state index is 0.577. The van der Waals surface area contributed by atoms with Gasteiger partial charge in [0.15, 0.2) is 5.17 Å². The second kappa shape index (κ2) is 6.83. The molecule has 1 aliphatic carbocycles. The normalized spacial score (nSPS) is 29.0. The third kappa shape index (κ3) is 4.18. The van der Waals surface area contributed by atoms with Crippen LogP contribution in [0.2, 0.25) is 0 Å². The van der Waals surface area contributed by atoms with Crippen molar-refractivity contribution in [1.29, 1.82) is 0 Å². The van der Waals surface area contributed by atoms with Gasteiger partial charge in [-0.15, -0.1) is 0 Å². The lowest BCUT2D eigenvalue weighted by Gasteiger charge is -2.25. The number of hydrogen-bond donors (Lipinski definition) is 1. The molecule has 104 valence electrons. The second-order valence-electron chi connectivity index (χ2n) is 6.37. The Morgan fingerprint density at radius 1 is 1.28 bits per heavy atom. The molecule has 0 radical (unpaired) electrons. The van der Waals surface area contributed by atoms with E-state index < -0.39 is 0 Å². The zero-order chi connectivity index (χ0) is 13.0. The van der Waals surface area contributed by atoms with E-state index in [0.29, 0.717) is 12.1 Å². The lowest BCUT2D eigenvalue weighted by Crippen LogP contribution is -2.35. The van der Waals surface area contributed by atoms with E-state index in [-0.39, 0.29) is 0 Å². The van der Waals surface area contributed by atoms with Gasteiger partial charge in [0.1, 0.15) is 0 Å². The van der Waals surface area contributed by atoms with Gasteiger partial charge >= 0.3 is 0 Å². The summed E-state index contributed by atoms with van der Waals surface area (Å²) in [6.45, 7) is 6.91. The highest BCUT2D eigenvalue weighted by molar-refractivity contribution is 8.13. The van der Waals surface area contributed by atoms with E-state index in [0.717, 1.165) is 11.8 Å². The van der Waals surface area contributed by atoms with Crippen LogP contribution in [-0.2, 0) is 0 Å². The average Bonchev–Trinajstić information content (AvgIpc) is 2.75. The molecule has 1 N–H and O–H groups in total. The van der Waals surface area contributed by atoms with Crippen molar-refractivity contribution >= 4 is 16.9 Å². The molecule has 0 aromatic rings. The Balaban J connectivity index is 1.72. The summed E-state index contributed by atoms with van der Waals surface area (Å²) < 4.78 is 0. The first-order valence-electron chi connectivity index (χ1n) is 7.62. The van der Waals surface area contributed by atoms with E-state index in [1.807, 2.05) is 11.8 Å². The third-order valence-corrected chi connectivity index (χ3v) is 5.22. The second-order valence-corrected chi connectivity index (χ2v) is 7.38. The van der Waals surface area contributed by atoms with Gasteiger partial charge in [-0.25, -0.2) is 0 Å². The highest BCUT2D eigenvalue weighted by Crippen LogP contribution is 2.35. The summed E-state index contributed by atoms with van der Waals surface area (Å²) in [5.74, 6) is 2.99. The topological polar surface area (TPSA) is 24.4 Å². The molecule has 1 saturated carbocycles. The Morgan fingerprint density at radius 3 is 2.89 bits per heavy atom. The van der Waals surface area contributed by atoms with Gasteiger partial charge in [0.05, 0.1) is 6.04 Å². The highest BCUT2D eigenvalue weighted by Gasteiger charge is 2.31. The molecule has 0 amide bonds. The van der Waals surface area contributed by atoms with Gasteiger partial charge in [0, 0.05) is 11.8 Å². The van der Waals surface area contributed by atoms with Crippen LogP contribution in [0.3, 0.4) is 0 Å². The lowest BCUT2D eigenvalue weighted by atomic mass is 10.0. The summed E-state index contributed by atoms with van der Waals surface area (Å²) in [5.41, 5.74) is 0. The van der Waals surface area contributed by atoms with Gasteiger partial charge in [-0.1, -0.05) is 44.9 Å². The van der Waals surface area contributed by atoms with Crippen LogP contribution < -0.4 is 5.32 Å². The summed E-state index contributed by atoms with van der Waals surface area (Å²) in [4.78, 5) is 4.90. The first kappa shape index (κ1) is 14.2. The summed E-state index contributed by atoms with van der Waals surface area (Å²) >= 11 is 1.95. The van der Waals surface area contributed by atoms with Crippen LogP contribution in [0, 0.1) is 11.8 Å². The van der Waals surface area contributed by atoms with Crippen molar-refractivity contribution in [3.63, 3.8) is 0 Å². The molecule has 0 spiro atoms. The van der Waals surface area contributed by atoms with Gasteiger partial charge in [-0.2, -0.15) is 0 Å². The average molecular weight is 268 g/mol. The Kier molecular flexibility index (Phi) is 5.40. The van der Waals surface area contributed by atoms with E-state index in [1.54, 1.807) is 0 Å². The van der Waals surface area contributed by atoms with Crippen LogP contribution in [0.4, 0.5) is 0 Å². The van der Waals surface area contributed by atoms with Crippen molar-refractivity contribution in [2.24, 2.45) is 16.8 Å². The molecule has 18 heavy (non-hydrogen) atoms. The molecule has 0 bridgehead atoms. The molecule has 3 heteroatoms. The van der Waals surface area contributed by atoms with E-state index in [9.17, 15) is 0 Å². The van der Waals surface area contributed by atoms with Crippen LogP contribution in [-0.4, -0.2) is 23.0 Å². The number of hydrogen-bond acceptors (Lipinski definition) is 3. The van der Waals surface area contributed by atoms with E-state index >= 15 is 0 Å². The lowest BCUT2D eigenvalue weighted by molar-refractivity contribution is 0.491. The Bertz CT molecular complexity index is 288. The fraction of sp³-hybridized carbons (Fsp3) is 0.933. The SMILES string of the molecule is CC(C)CCCC(C)NC1=NC2CCCC2CS1. The van der Waals surface area contributed by atoms with Crippen LogP contribution in [0.5, 0.6) is 0 Å². The minimum Gasteiger partial charge on any atom is -0.362 e. The molecule has 2 rings (SSSR count). The molecule has 2 aliphatic rings. The van der Waals surface area contributed by atoms with Gasteiger partial charge < -0.3 is 5.32 Å². The molecular weight excluding hydrogens is 240 g/mol. The molecule has 0 aromatic carbocycles. The van der Waals surface area contributed by atoms with Crippen LogP contribution in [0.15, 0.2) is 4.99 Å². The fourth-order valence-corrected chi connectivity index (χ4v) is 4.20. The van der Waals surface area contributed by atoms with Crippen LogP contribution in [0.1, 0.15) is 59.3 Å². The molecule has 3 atom stereocenters. The first-order chi connectivity index (χ1) is 8.65. The van der Waals surface area contributed by atoms with E-state index in [4.69, 9.17) is 4.99 Å². The predicted molar refractivity (Wildman–Crippen MR) is 82.3 cm³/mol. The number of nitrogens with zero attached hydrogens (tertiary/aromatic N) is 1. The summed E-state index contributed by atoms with van der Waals surface area (Å²) in [5, 5.41) is 4.84. The molecule has 1 aliphatic heterocycles. The van der Waals surface area contributed by atoms with Crippen LogP contribution >= 0.6 is 11.8 Å². The molecule has 0 aromatic heterocycles. The third-order valence-electron chi connectivity index (χ3n) is 4.12. The Labute approximate surface area is 116 Å². The molecule has 0 saturated heterocycles. The standard InChI is InChI=1S/C15H28N2S/c1-11(2)6-4-7-12(3)16-15-17-14-9-5-8-13(14)10-18-15/h11-14H,4-10H2,1-3H3,(H,16,17). The Morgan fingerprint density at radius 2 is 2.11 bits per heavy atom. The van der Waals surface area contributed by atoms with Crippen molar-refractivity contribution in [2.75, 3.05) is 5.75 Å². The minimum absolute atomic E-state index is 0.577. The van der Waals surface area contributed by atoms with Crippen molar-refractivity contribution in [3.8, 4) is 0 Å². The summed E-state index contributed by atoms with van der Waals surface area (Å²) in [6, 6.07) is 1.21. The van der Waals surface area contributed by atoms with Crippen molar-refractivity contribution in [1.82, 2.24) is 5.32 Å². The van der Waals surface area contributed by atoms with E-state index in [1.165, 1.54) is 49.4 Å². The van der Waals surface area contributed by atoms with Crippen molar-refractivity contribution in [3.05, 3.63) is 0 Å². The van der Waals surface area contributed by atoms with Gasteiger partial charge in [0.25, 0.3) is 0 Å². The van der Waals surface area contributed by atoms with Crippen molar-refractivity contribution in [2.45, 2.75) is 71.4 Å². The maximum absolute atomic E-state index is 4.90. The maximum atomic E-state index is 4.90. The molecule has 1 heterocycles. The van der Waals surface area contributed by atoms with Crippen molar-refractivity contribution < 1.29 is 0 Å². The number of rotatable bonds is 5. The largest absolute Gasteiger partial charge is 0.362 e. The summed E-state index contributed by atoms with van der Waals surface area (Å²) in [6.07, 6.45) is 8.05. The number of thioether (sulfide) groups is 1. The number of nitrogens with one attached hydrogen (secondary N) is 1. The Hall–Kier alpha value is -0.180. The first-order valence-corrected chi connectivity index (χ1v) is 8.61. The van der Waals surface area contributed by atoms with Crippen LogP contribution in [0.25, 0.3) is 0 Å². The maximum Gasteiger partial charge on any atom is 0.157 e. The van der Waals surface area contributed by atoms with E-state index in [2.05, 4.69) is 26.1 Å². The molecular formula is C15H28N2S. The zero-order valence-electron chi connectivity index (χ0n) is 12.1. The van der Waals surface area contributed by atoms with Gasteiger partial charge in [-0.05, 0) is 38.0 Å². The zero-order valence-corrected chi connectivity index (χ0v) is 12.9. The molecule has 3 unspecified atom stereocenters. The number of fused-ring (bicyclic) bond motifs is 1. The van der Waals surface area contributed by atoms with Gasteiger partial charge in [-0.3, -0.25) is 4.99 Å². The monoisotopic (exact) mass is 268 g/mol. The smallest absolute Gasteiger partial charge is 0.157 e. The predicted octanol–water partition coefficient (Wildman–Crippen LogP) is 4.06. The molecule has 2 nitrogen and oxygen atoms in total. The summed E-state index contributed by atoms with van der Waals surface area (Å²) in [7, 11) is 0. The number of aliphatic imine (C=N–C) groups is 1. The fourth-order valence-electron chi connectivity index (χ4n) is 2.95. The quantitative estimate of drug-likeness (QED) is 0.813. The number of amidine groups is 1. The van der Waals surface area contributed by atoms with Gasteiger partial charge in [0.2, 0.25) is 0 Å². The highest BCUT2D eigenvalue weighted by atomic mass is 32.2.